The van der Waals surface area contributed by atoms with Gasteiger partial charge in [-0.05, 0) is 106 Å². The maximum absolute atomic E-state index is 6.49. The number of benzene rings is 4. The first-order chi connectivity index (χ1) is 21.7. The number of allylic oxidation sites excluding steroid dienone is 8. The summed E-state index contributed by atoms with van der Waals surface area (Å²) >= 11 is 0. The van der Waals surface area contributed by atoms with Crippen molar-refractivity contribution in [1.82, 2.24) is 0 Å². The molecule has 0 N–H and O–H groups in total. The zero-order chi connectivity index (χ0) is 30.5. The summed E-state index contributed by atoms with van der Waals surface area (Å²) in [6, 6.07) is 25.9. The molecule has 4 aromatic rings. The van der Waals surface area contributed by atoms with Crippen LogP contribution in [0.5, 0.6) is 5.75 Å². The molecule has 216 valence electrons. The van der Waals surface area contributed by atoms with Crippen LogP contribution >= 0.6 is 0 Å². The van der Waals surface area contributed by atoms with Crippen LogP contribution in [-0.2, 0) is 12.8 Å². The van der Waals surface area contributed by atoms with Crippen molar-refractivity contribution in [2.24, 2.45) is 0 Å². The van der Waals surface area contributed by atoms with Crippen LogP contribution in [0.4, 0.5) is 0 Å². The van der Waals surface area contributed by atoms with Gasteiger partial charge in [-0.25, -0.2) is 0 Å². The minimum Gasteiger partial charge on any atom is -0.464 e. The predicted molar refractivity (Wildman–Crippen MR) is 190 cm³/mol. The van der Waals surface area contributed by atoms with Gasteiger partial charge in [0.2, 0.25) is 0 Å². The molecule has 0 aliphatic heterocycles. The summed E-state index contributed by atoms with van der Waals surface area (Å²) in [5, 5.41) is 0. The van der Waals surface area contributed by atoms with Crippen LogP contribution in [0, 0.1) is 0 Å². The van der Waals surface area contributed by atoms with E-state index in [4.69, 9.17) is 11.3 Å². The average molecular weight is 571 g/mol. The van der Waals surface area contributed by atoms with Crippen molar-refractivity contribution in [2.45, 2.75) is 33.1 Å². The van der Waals surface area contributed by atoms with Crippen molar-refractivity contribution in [3.8, 4) is 28.0 Å². The SMILES string of the molecule is C=C/C=C(\C=C/C)c1cc(-c2ccccc2)cc(C(=C)c2c3c(c(-c4ccccc4)c4c2C=CCC4)CC=C3)c1O/C=C\C. The lowest BCUT2D eigenvalue weighted by atomic mass is 9.77. The van der Waals surface area contributed by atoms with Gasteiger partial charge >= 0.3 is 0 Å². The Morgan fingerprint density at radius 3 is 2.16 bits per heavy atom. The smallest absolute Gasteiger partial charge is 0.142 e. The molecule has 0 atom stereocenters. The highest BCUT2D eigenvalue weighted by Crippen LogP contribution is 2.48. The van der Waals surface area contributed by atoms with E-state index in [9.17, 15) is 0 Å². The normalized spacial score (nSPS) is 13.8. The predicted octanol–water partition coefficient (Wildman–Crippen LogP) is 11.7. The van der Waals surface area contributed by atoms with Gasteiger partial charge in [-0.1, -0.05) is 129 Å². The highest BCUT2D eigenvalue weighted by atomic mass is 16.5. The summed E-state index contributed by atoms with van der Waals surface area (Å²) < 4.78 is 6.49. The van der Waals surface area contributed by atoms with Gasteiger partial charge in [-0.3, -0.25) is 0 Å². The van der Waals surface area contributed by atoms with Gasteiger partial charge in [0.05, 0.1) is 6.26 Å². The Labute approximate surface area is 262 Å². The third-order valence-corrected chi connectivity index (χ3v) is 8.41. The minimum absolute atomic E-state index is 0.787. The molecule has 44 heavy (non-hydrogen) atoms. The molecule has 6 rings (SSSR count). The van der Waals surface area contributed by atoms with E-state index in [1.165, 1.54) is 38.9 Å². The largest absolute Gasteiger partial charge is 0.464 e. The maximum Gasteiger partial charge on any atom is 0.142 e. The van der Waals surface area contributed by atoms with Crippen molar-refractivity contribution in [3.63, 3.8) is 0 Å². The molecule has 0 unspecified atom stereocenters. The van der Waals surface area contributed by atoms with E-state index in [2.05, 4.69) is 116 Å². The third kappa shape index (κ3) is 5.38. The Bertz CT molecular complexity index is 1880. The zero-order valence-electron chi connectivity index (χ0n) is 25.6. The van der Waals surface area contributed by atoms with E-state index >= 15 is 0 Å². The summed E-state index contributed by atoms with van der Waals surface area (Å²) in [7, 11) is 0. The molecule has 0 heterocycles. The van der Waals surface area contributed by atoms with E-state index in [-0.39, 0.29) is 0 Å². The van der Waals surface area contributed by atoms with Crippen molar-refractivity contribution >= 4 is 23.3 Å². The van der Waals surface area contributed by atoms with E-state index in [0.717, 1.165) is 58.4 Å². The van der Waals surface area contributed by atoms with Gasteiger partial charge < -0.3 is 4.74 Å². The van der Waals surface area contributed by atoms with Crippen molar-refractivity contribution in [1.29, 1.82) is 0 Å². The molecule has 0 saturated carbocycles. The molecule has 0 saturated heterocycles. The number of hydrogen-bond acceptors (Lipinski definition) is 1. The molecule has 1 heteroatoms. The zero-order valence-corrected chi connectivity index (χ0v) is 25.6. The molecule has 1 nitrogen and oxygen atoms in total. The molecule has 4 aromatic carbocycles. The first kappa shape index (κ1) is 29.0. The molecule has 0 aromatic heterocycles. The monoisotopic (exact) mass is 570 g/mol. The Morgan fingerprint density at radius 1 is 0.773 bits per heavy atom. The fourth-order valence-corrected chi connectivity index (χ4v) is 6.54. The van der Waals surface area contributed by atoms with E-state index in [0.29, 0.717) is 0 Å². The van der Waals surface area contributed by atoms with Gasteiger partial charge in [0.1, 0.15) is 5.75 Å². The number of fused-ring (bicyclic) bond motifs is 2. The molecule has 0 bridgehead atoms. The van der Waals surface area contributed by atoms with Gasteiger partial charge in [0.15, 0.2) is 0 Å². The fourth-order valence-electron chi connectivity index (χ4n) is 6.54. The van der Waals surface area contributed by atoms with Gasteiger partial charge in [0, 0.05) is 11.1 Å². The molecule has 0 fully saturated rings. The van der Waals surface area contributed by atoms with Crippen LogP contribution in [0.25, 0.3) is 45.6 Å². The van der Waals surface area contributed by atoms with Crippen LogP contribution in [0.3, 0.4) is 0 Å². The van der Waals surface area contributed by atoms with Gasteiger partial charge in [0.25, 0.3) is 0 Å². The third-order valence-electron chi connectivity index (χ3n) is 8.41. The summed E-state index contributed by atoms with van der Waals surface area (Å²) in [6.45, 7) is 12.9. The molecular weight excluding hydrogens is 532 g/mol. The molecule has 0 radical (unpaired) electrons. The second kappa shape index (κ2) is 13.0. The van der Waals surface area contributed by atoms with E-state index < -0.39 is 0 Å². The highest BCUT2D eigenvalue weighted by molar-refractivity contribution is 5.98. The lowest BCUT2D eigenvalue weighted by molar-refractivity contribution is 0.477. The number of ether oxygens (including phenoxy) is 1. The second-order valence-electron chi connectivity index (χ2n) is 11.1. The first-order valence-corrected chi connectivity index (χ1v) is 15.4. The number of hydrogen-bond donors (Lipinski definition) is 0. The minimum atomic E-state index is 0.787. The summed E-state index contributed by atoms with van der Waals surface area (Å²) in [5.41, 5.74) is 15.4. The van der Waals surface area contributed by atoms with Crippen molar-refractivity contribution in [2.75, 3.05) is 0 Å². The van der Waals surface area contributed by atoms with Crippen LogP contribution in [0.2, 0.25) is 0 Å². The lowest BCUT2D eigenvalue weighted by Gasteiger charge is -2.27. The van der Waals surface area contributed by atoms with E-state index in [1.54, 1.807) is 6.26 Å². The highest BCUT2D eigenvalue weighted by Gasteiger charge is 2.28. The standard InChI is InChI=1S/C43H38O/c1-5-17-32(18-6-2)40-29-34(31-19-10-8-11-20-31)28-39(43(40)44-27-7-3)30(4)41-35-23-14-15-24-37(35)42(33-21-12-9-13-22-33)38-26-16-25-36(38)41/h5-14,16-23,25,27-29H,1,4,15,24,26H2,2-3H3/b18-6-,27-7-,32-17+. The molecular formula is C43H38O. The second-order valence-corrected chi connectivity index (χ2v) is 11.1. The van der Waals surface area contributed by atoms with Crippen molar-refractivity contribution in [3.05, 3.63) is 174 Å². The topological polar surface area (TPSA) is 9.23 Å². The van der Waals surface area contributed by atoms with Gasteiger partial charge in [-0.15, -0.1) is 0 Å². The fraction of sp³-hybridized carbons (Fsp3) is 0.116. The van der Waals surface area contributed by atoms with Crippen molar-refractivity contribution < 1.29 is 4.74 Å². The Balaban J connectivity index is 1.67. The molecule has 0 spiro atoms. The number of rotatable bonds is 9. The summed E-state index contributed by atoms with van der Waals surface area (Å²) in [6.07, 6.45) is 23.9. The summed E-state index contributed by atoms with van der Waals surface area (Å²) in [5.74, 6) is 0.787. The Morgan fingerprint density at radius 2 is 1.45 bits per heavy atom. The van der Waals surface area contributed by atoms with E-state index in [1.807, 2.05) is 32.1 Å². The van der Waals surface area contributed by atoms with Gasteiger partial charge in [-0.2, -0.15) is 0 Å². The maximum atomic E-state index is 6.49. The van der Waals surface area contributed by atoms with Crippen LogP contribution in [-0.4, -0.2) is 0 Å². The molecule has 2 aliphatic rings. The van der Waals surface area contributed by atoms with Crippen LogP contribution in [0.1, 0.15) is 59.2 Å². The van der Waals surface area contributed by atoms with Crippen LogP contribution < -0.4 is 4.74 Å². The summed E-state index contributed by atoms with van der Waals surface area (Å²) in [4.78, 5) is 0. The molecule has 2 aliphatic carbocycles. The Hall–Kier alpha value is -5.14. The molecule has 0 amide bonds. The quantitative estimate of drug-likeness (QED) is 0.144. The van der Waals surface area contributed by atoms with Crippen LogP contribution in [0.15, 0.2) is 135 Å². The Kier molecular flexibility index (Phi) is 8.57. The average Bonchev–Trinajstić information content (AvgIpc) is 3.55. The first-order valence-electron chi connectivity index (χ1n) is 15.4. The lowest BCUT2D eigenvalue weighted by Crippen LogP contribution is -2.08.